The second kappa shape index (κ2) is 8.26. The monoisotopic (exact) mass is 374 g/mol. The molecule has 130 valence electrons. The van der Waals surface area contributed by atoms with Crippen molar-refractivity contribution in [1.82, 2.24) is 20.3 Å². The van der Waals surface area contributed by atoms with E-state index in [1.54, 1.807) is 29.2 Å². The molecular formula is C17H18N4O2S2. The van der Waals surface area contributed by atoms with Crippen molar-refractivity contribution in [3.8, 4) is 0 Å². The number of nitrogens with zero attached hydrogens (tertiary/aromatic N) is 2. The fourth-order valence-electron chi connectivity index (χ4n) is 2.37. The molecular weight excluding hydrogens is 356 g/mol. The molecule has 8 heteroatoms. The lowest BCUT2D eigenvalue weighted by molar-refractivity contribution is -0.121. The maximum atomic E-state index is 12.0. The van der Waals surface area contributed by atoms with Crippen LogP contribution in [0.15, 0.2) is 34.4 Å². The number of amides is 1. The summed E-state index contributed by atoms with van der Waals surface area (Å²) < 4.78 is 0. The summed E-state index contributed by atoms with van der Waals surface area (Å²) in [6.07, 6.45) is 2.56. The Hall–Kier alpha value is -2.19. The molecule has 0 spiro atoms. The van der Waals surface area contributed by atoms with Crippen LogP contribution in [0.2, 0.25) is 0 Å². The first-order valence-electron chi connectivity index (χ1n) is 7.82. The van der Waals surface area contributed by atoms with Gasteiger partial charge in [0, 0.05) is 24.0 Å². The van der Waals surface area contributed by atoms with Crippen molar-refractivity contribution in [3.63, 3.8) is 0 Å². The minimum Gasteiger partial charge on any atom is -0.350 e. The van der Waals surface area contributed by atoms with Gasteiger partial charge in [0.15, 0.2) is 0 Å². The number of nitrogens with one attached hydrogen (secondary N) is 2. The van der Waals surface area contributed by atoms with Crippen molar-refractivity contribution in [2.75, 3.05) is 6.26 Å². The van der Waals surface area contributed by atoms with Crippen LogP contribution in [0, 0.1) is 0 Å². The predicted octanol–water partition coefficient (Wildman–Crippen LogP) is 2.49. The van der Waals surface area contributed by atoms with Gasteiger partial charge in [0.25, 0.3) is 5.56 Å². The van der Waals surface area contributed by atoms with E-state index < -0.39 is 0 Å². The van der Waals surface area contributed by atoms with Crippen LogP contribution in [0.3, 0.4) is 0 Å². The van der Waals surface area contributed by atoms with Gasteiger partial charge in [-0.15, -0.1) is 11.3 Å². The number of benzene rings is 1. The summed E-state index contributed by atoms with van der Waals surface area (Å²) >= 11 is 3.32. The van der Waals surface area contributed by atoms with Gasteiger partial charge in [-0.05, 0) is 18.4 Å². The van der Waals surface area contributed by atoms with Crippen LogP contribution >= 0.6 is 23.1 Å². The van der Waals surface area contributed by atoms with E-state index in [2.05, 4.69) is 20.3 Å². The smallest absolute Gasteiger partial charge is 0.270 e. The number of aromatic amines is 1. The van der Waals surface area contributed by atoms with E-state index in [1.807, 2.05) is 29.8 Å². The predicted molar refractivity (Wildman–Crippen MR) is 102 cm³/mol. The number of thiazole rings is 1. The Morgan fingerprint density at radius 3 is 3.00 bits per heavy atom. The Labute approximate surface area is 153 Å². The first kappa shape index (κ1) is 17.6. The van der Waals surface area contributed by atoms with Crippen molar-refractivity contribution >= 4 is 40.0 Å². The molecule has 0 fully saturated rings. The van der Waals surface area contributed by atoms with E-state index in [0.717, 1.165) is 22.0 Å². The second-order valence-electron chi connectivity index (χ2n) is 5.47. The highest BCUT2D eigenvalue weighted by Gasteiger charge is 2.09. The quantitative estimate of drug-likeness (QED) is 0.663. The molecule has 0 unspecified atom stereocenters. The Balaban J connectivity index is 1.55. The number of H-pyrrole nitrogens is 1. The maximum Gasteiger partial charge on any atom is 0.270 e. The van der Waals surface area contributed by atoms with Crippen molar-refractivity contribution in [3.05, 3.63) is 56.4 Å². The first-order valence-corrected chi connectivity index (χ1v) is 10.1. The van der Waals surface area contributed by atoms with Gasteiger partial charge in [0.1, 0.15) is 10.7 Å². The van der Waals surface area contributed by atoms with E-state index in [1.165, 1.54) is 0 Å². The fraction of sp³-hybridized carbons (Fsp3) is 0.294. The van der Waals surface area contributed by atoms with Crippen LogP contribution in [0.4, 0.5) is 0 Å². The largest absolute Gasteiger partial charge is 0.350 e. The molecule has 0 radical (unpaired) electrons. The van der Waals surface area contributed by atoms with Crippen LogP contribution in [0.5, 0.6) is 0 Å². The first-order chi connectivity index (χ1) is 12.2. The standard InChI is InChI=1S/C17H18N4O2S2/c1-24-10-16-19-11(9-25-16)8-18-15(22)7-6-14-17(23)21-13-5-3-2-4-12(13)20-14/h2-5,9H,6-8,10H2,1H3,(H,18,22)(H,21,23). The Kier molecular flexibility index (Phi) is 5.83. The van der Waals surface area contributed by atoms with Gasteiger partial charge >= 0.3 is 0 Å². The van der Waals surface area contributed by atoms with E-state index in [9.17, 15) is 9.59 Å². The lowest BCUT2D eigenvalue weighted by Crippen LogP contribution is -2.25. The number of hydrogen-bond acceptors (Lipinski definition) is 6. The molecule has 3 rings (SSSR count). The molecule has 0 bridgehead atoms. The molecule has 0 saturated carbocycles. The SMILES string of the molecule is CSCc1nc(CNC(=O)CCc2nc3ccccc3[nH]c2=O)cs1. The number of aryl methyl sites for hydroxylation is 1. The minimum absolute atomic E-state index is 0.117. The highest BCUT2D eigenvalue weighted by molar-refractivity contribution is 7.97. The van der Waals surface area contributed by atoms with Gasteiger partial charge in [-0.25, -0.2) is 9.97 Å². The highest BCUT2D eigenvalue weighted by Crippen LogP contribution is 2.14. The van der Waals surface area contributed by atoms with E-state index >= 15 is 0 Å². The Morgan fingerprint density at radius 2 is 2.16 bits per heavy atom. The average Bonchev–Trinajstić information content (AvgIpc) is 3.06. The third-order valence-electron chi connectivity index (χ3n) is 3.59. The number of hydrogen-bond donors (Lipinski definition) is 2. The van der Waals surface area contributed by atoms with Crippen LogP contribution in [-0.2, 0) is 23.5 Å². The zero-order valence-electron chi connectivity index (χ0n) is 13.7. The topological polar surface area (TPSA) is 87.7 Å². The molecule has 0 aliphatic rings. The third kappa shape index (κ3) is 4.67. The van der Waals surface area contributed by atoms with Crippen LogP contribution < -0.4 is 10.9 Å². The molecule has 2 heterocycles. The molecule has 1 aromatic carbocycles. The molecule has 0 saturated heterocycles. The number of rotatable bonds is 7. The number of aromatic nitrogens is 3. The van der Waals surface area contributed by atoms with Gasteiger partial charge < -0.3 is 10.3 Å². The van der Waals surface area contributed by atoms with Crippen LogP contribution in [0.1, 0.15) is 22.8 Å². The summed E-state index contributed by atoms with van der Waals surface area (Å²) in [6, 6.07) is 7.35. The van der Waals surface area contributed by atoms with Gasteiger partial charge in [-0.1, -0.05) is 12.1 Å². The van der Waals surface area contributed by atoms with Crippen LogP contribution in [-0.4, -0.2) is 27.1 Å². The minimum atomic E-state index is -0.243. The molecule has 2 aromatic heterocycles. The summed E-state index contributed by atoms with van der Waals surface area (Å²) in [5.74, 6) is 0.767. The summed E-state index contributed by atoms with van der Waals surface area (Å²) in [5.41, 5.74) is 2.42. The van der Waals surface area contributed by atoms with Crippen molar-refractivity contribution in [2.24, 2.45) is 0 Å². The molecule has 0 aliphatic carbocycles. The lowest BCUT2D eigenvalue weighted by Gasteiger charge is -2.04. The van der Waals surface area contributed by atoms with Crippen molar-refractivity contribution in [1.29, 1.82) is 0 Å². The summed E-state index contributed by atoms with van der Waals surface area (Å²) in [6.45, 7) is 0.408. The van der Waals surface area contributed by atoms with E-state index in [-0.39, 0.29) is 17.9 Å². The fourth-order valence-corrected chi connectivity index (χ4v) is 3.88. The van der Waals surface area contributed by atoms with Crippen molar-refractivity contribution < 1.29 is 4.79 Å². The van der Waals surface area contributed by atoms with Gasteiger partial charge in [0.2, 0.25) is 5.91 Å². The zero-order valence-corrected chi connectivity index (χ0v) is 15.4. The van der Waals surface area contributed by atoms with Gasteiger partial charge in [0.05, 0.1) is 23.3 Å². The molecule has 3 aromatic rings. The van der Waals surface area contributed by atoms with Gasteiger partial charge in [-0.2, -0.15) is 11.8 Å². The average molecular weight is 374 g/mol. The summed E-state index contributed by atoms with van der Waals surface area (Å²) in [7, 11) is 0. The second-order valence-corrected chi connectivity index (χ2v) is 7.28. The molecule has 0 aliphatic heterocycles. The normalized spacial score (nSPS) is 10.9. The number of fused-ring (bicyclic) bond motifs is 1. The highest BCUT2D eigenvalue weighted by atomic mass is 32.2. The molecule has 2 N–H and O–H groups in total. The number of para-hydroxylation sites is 2. The summed E-state index contributed by atoms with van der Waals surface area (Å²) in [4.78, 5) is 35.6. The summed E-state index contributed by atoms with van der Waals surface area (Å²) in [5, 5.41) is 5.86. The number of carbonyl (C=O) groups is 1. The van der Waals surface area contributed by atoms with E-state index in [4.69, 9.17) is 0 Å². The zero-order chi connectivity index (χ0) is 17.6. The molecule has 1 amide bonds. The van der Waals surface area contributed by atoms with Crippen LogP contribution in [0.25, 0.3) is 11.0 Å². The molecule has 0 atom stereocenters. The Bertz CT molecular complexity index is 936. The lowest BCUT2D eigenvalue weighted by atomic mass is 10.2. The third-order valence-corrected chi connectivity index (χ3v) is 5.23. The van der Waals surface area contributed by atoms with Crippen molar-refractivity contribution in [2.45, 2.75) is 25.1 Å². The Morgan fingerprint density at radius 1 is 1.32 bits per heavy atom. The number of thioether (sulfide) groups is 1. The number of carbonyl (C=O) groups excluding carboxylic acids is 1. The van der Waals surface area contributed by atoms with Gasteiger partial charge in [-0.3, -0.25) is 9.59 Å². The molecule has 25 heavy (non-hydrogen) atoms. The molecule has 6 nitrogen and oxygen atoms in total. The maximum absolute atomic E-state index is 12.0. The van der Waals surface area contributed by atoms with E-state index in [0.29, 0.717) is 24.2 Å².